The van der Waals surface area contributed by atoms with Crippen LogP contribution in [0.2, 0.25) is 0 Å². The summed E-state index contributed by atoms with van der Waals surface area (Å²) < 4.78 is 8.34. The number of fused-ring (bicyclic) bond motifs is 1. The van der Waals surface area contributed by atoms with Gasteiger partial charge in [0.25, 0.3) is 0 Å². The van der Waals surface area contributed by atoms with Gasteiger partial charge in [0, 0.05) is 25.6 Å². The van der Waals surface area contributed by atoms with Crippen LogP contribution in [-0.2, 0) is 24.3 Å². The van der Waals surface area contributed by atoms with Gasteiger partial charge >= 0.3 is 0 Å². The average Bonchev–Trinajstić information content (AvgIpc) is 3.35. The fourth-order valence-corrected chi connectivity index (χ4v) is 4.29. The van der Waals surface area contributed by atoms with Crippen LogP contribution in [0.3, 0.4) is 0 Å². The van der Waals surface area contributed by atoms with E-state index in [9.17, 15) is 0 Å². The summed E-state index contributed by atoms with van der Waals surface area (Å²) in [5.41, 5.74) is 3.77. The standard InChI is InChI=1S/C21H28N4O/c1-2-5-17(6-3-1)14-26-15-20-21-19(11-12-24(20)18-7-4-8-18)25(23-22-21)13-16-9-10-16/h1-3,5-6,16,18,20H,4,7-15H2/t20-/m1/s1. The van der Waals surface area contributed by atoms with Crippen LogP contribution in [0.1, 0.15) is 55.1 Å². The van der Waals surface area contributed by atoms with Gasteiger partial charge in [-0.3, -0.25) is 4.90 Å². The molecule has 1 atom stereocenters. The van der Waals surface area contributed by atoms with Gasteiger partial charge < -0.3 is 4.74 Å². The predicted molar refractivity (Wildman–Crippen MR) is 99.6 cm³/mol. The Hall–Kier alpha value is -1.72. The van der Waals surface area contributed by atoms with Gasteiger partial charge in [0.05, 0.1) is 24.9 Å². The van der Waals surface area contributed by atoms with Crippen LogP contribution in [0.25, 0.3) is 0 Å². The van der Waals surface area contributed by atoms with Gasteiger partial charge in [-0.05, 0) is 37.2 Å². The molecule has 0 amide bonds. The third-order valence-electron chi connectivity index (χ3n) is 6.25. The maximum Gasteiger partial charge on any atom is 0.105 e. The maximum atomic E-state index is 6.15. The summed E-state index contributed by atoms with van der Waals surface area (Å²) in [6, 6.07) is 11.4. The Morgan fingerprint density at radius 3 is 2.65 bits per heavy atom. The molecule has 1 aliphatic heterocycles. The van der Waals surface area contributed by atoms with Crippen molar-refractivity contribution in [3.05, 3.63) is 47.3 Å². The normalized spacial score (nSPS) is 23.6. The fourth-order valence-electron chi connectivity index (χ4n) is 4.29. The van der Waals surface area contributed by atoms with Crippen molar-refractivity contribution in [2.75, 3.05) is 13.2 Å². The molecular weight excluding hydrogens is 324 g/mol. The number of ether oxygens (including phenoxy) is 1. The van der Waals surface area contributed by atoms with Crippen LogP contribution in [0, 0.1) is 5.92 Å². The minimum atomic E-state index is 0.265. The summed E-state index contributed by atoms with van der Waals surface area (Å²) in [6.45, 7) is 3.56. The van der Waals surface area contributed by atoms with Crippen LogP contribution in [-0.4, -0.2) is 39.1 Å². The van der Waals surface area contributed by atoms with Gasteiger partial charge in [-0.15, -0.1) is 5.10 Å². The number of nitrogens with zero attached hydrogens (tertiary/aromatic N) is 4. The summed E-state index contributed by atoms with van der Waals surface area (Å²) in [5.74, 6) is 0.832. The predicted octanol–water partition coefficient (Wildman–Crippen LogP) is 3.36. The highest BCUT2D eigenvalue weighted by molar-refractivity contribution is 5.20. The molecule has 2 fully saturated rings. The Labute approximate surface area is 155 Å². The first-order chi connectivity index (χ1) is 12.9. The molecule has 2 aromatic rings. The lowest BCUT2D eigenvalue weighted by molar-refractivity contribution is 0.00199. The summed E-state index contributed by atoms with van der Waals surface area (Å²) in [7, 11) is 0. The van der Waals surface area contributed by atoms with Crippen LogP contribution in [0.4, 0.5) is 0 Å². The SMILES string of the molecule is c1ccc(COC[C@@H]2c3nnn(CC4CC4)c3CCN2C2CCC2)cc1. The summed E-state index contributed by atoms with van der Waals surface area (Å²) in [6.07, 6.45) is 7.79. The molecule has 0 spiro atoms. The molecule has 2 saturated carbocycles. The minimum absolute atomic E-state index is 0.265. The highest BCUT2D eigenvalue weighted by Gasteiger charge is 2.38. The molecule has 5 nitrogen and oxygen atoms in total. The van der Waals surface area contributed by atoms with E-state index in [4.69, 9.17) is 4.74 Å². The van der Waals surface area contributed by atoms with Gasteiger partial charge in [0.2, 0.25) is 0 Å². The molecule has 3 aliphatic rings. The van der Waals surface area contributed by atoms with Gasteiger partial charge in [0.1, 0.15) is 5.69 Å². The molecule has 2 aliphatic carbocycles. The van der Waals surface area contributed by atoms with Crippen molar-refractivity contribution in [3.8, 4) is 0 Å². The first-order valence-corrected chi connectivity index (χ1v) is 10.2. The van der Waals surface area contributed by atoms with E-state index in [1.807, 2.05) is 6.07 Å². The molecule has 1 aromatic heterocycles. The topological polar surface area (TPSA) is 43.2 Å². The van der Waals surface area contributed by atoms with Crippen molar-refractivity contribution < 1.29 is 4.74 Å². The van der Waals surface area contributed by atoms with Crippen LogP contribution in [0.15, 0.2) is 30.3 Å². The molecule has 0 bridgehead atoms. The van der Waals surface area contributed by atoms with Crippen molar-refractivity contribution in [2.24, 2.45) is 5.92 Å². The van der Waals surface area contributed by atoms with Crippen molar-refractivity contribution in [1.82, 2.24) is 19.9 Å². The molecule has 0 radical (unpaired) electrons. The minimum Gasteiger partial charge on any atom is -0.375 e. The van der Waals surface area contributed by atoms with E-state index in [-0.39, 0.29) is 6.04 Å². The molecule has 2 heterocycles. The molecule has 5 heteroatoms. The number of rotatable bonds is 7. The lowest BCUT2D eigenvalue weighted by Gasteiger charge is -2.44. The van der Waals surface area contributed by atoms with Gasteiger partial charge in [0.15, 0.2) is 0 Å². The monoisotopic (exact) mass is 352 g/mol. The first kappa shape index (κ1) is 16.5. The fraction of sp³-hybridized carbons (Fsp3) is 0.619. The highest BCUT2D eigenvalue weighted by atomic mass is 16.5. The zero-order valence-electron chi connectivity index (χ0n) is 15.4. The smallest absolute Gasteiger partial charge is 0.105 e. The van der Waals surface area contributed by atoms with Crippen molar-refractivity contribution in [2.45, 2.75) is 63.8 Å². The third kappa shape index (κ3) is 3.30. The van der Waals surface area contributed by atoms with Crippen molar-refractivity contribution >= 4 is 0 Å². The van der Waals surface area contributed by atoms with Crippen LogP contribution in [0.5, 0.6) is 0 Å². The van der Waals surface area contributed by atoms with E-state index in [0.29, 0.717) is 19.3 Å². The van der Waals surface area contributed by atoms with Gasteiger partial charge in [-0.25, -0.2) is 4.68 Å². The first-order valence-electron chi connectivity index (χ1n) is 10.2. The second kappa shape index (κ2) is 7.12. The number of benzene rings is 1. The van der Waals surface area contributed by atoms with E-state index in [1.54, 1.807) is 0 Å². The van der Waals surface area contributed by atoms with Crippen molar-refractivity contribution in [1.29, 1.82) is 0 Å². The second-order valence-electron chi connectivity index (χ2n) is 8.14. The third-order valence-corrected chi connectivity index (χ3v) is 6.25. The Morgan fingerprint density at radius 1 is 1.08 bits per heavy atom. The van der Waals surface area contributed by atoms with E-state index in [0.717, 1.165) is 25.4 Å². The molecule has 0 unspecified atom stereocenters. The van der Waals surface area contributed by atoms with E-state index in [1.165, 1.54) is 49.1 Å². The molecule has 0 N–H and O–H groups in total. The van der Waals surface area contributed by atoms with E-state index < -0.39 is 0 Å². The largest absolute Gasteiger partial charge is 0.375 e. The lowest BCUT2D eigenvalue weighted by Crippen LogP contribution is -2.47. The zero-order chi connectivity index (χ0) is 17.3. The molecule has 138 valence electrons. The highest BCUT2D eigenvalue weighted by Crippen LogP contribution is 2.37. The van der Waals surface area contributed by atoms with Gasteiger partial charge in [-0.1, -0.05) is 42.0 Å². The summed E-state index contributed by atoms with van der Waals surface area (Å²) >= 11 is 0. The lowest BCUT2D eigenvalue weighted by atomic mass is 9.88. The average molecular weight is 352 g/mol. The van der Waals surface area contributed by atoms with E-state index in [2.05, 4.69) is 44.2 Å². The van der Waals surface area contributed by atoms with Gasteiger partial charge in [-0.2, -0.15) is 0 Å². The van der Waals surface area contributed by atoms with Crippen LogP contribution < -0.4 is 0 Å². The molecule has 0 saturated heterocycles. The Balaban J connectivity index is 1.32. The second-order valence-corrected chi connectivity index (χ2v) is 8.14. The Kier molecular flexibility index (Phi) is 4.51. The molecular formula is C21H28N4O. The zero-order valence-corrected chi connectivity index (χ0v) is 15.4. The molecule has 5 rings (SSSR count). The van der Waals surface area contributed by atoms with Crippen LogP contribution >= 0.6 is 0 Å². The maximum absolute atomic E-state index is 6.15. The molecule has 26 heavy (non-hydrogen) atoms. The Morgan fingerprint density at radius 2 is 1.92 bits per heavy atom. The number of aromatic nitrogens is 3. The summed E-state index contributed by atoms with van der Waals surface area (Å²) in [4.78, 5) is 2.65. The number of hydrogen-bond donors (Lipinski definition) is 0. The van der Waals surface area contributed by atoms with E-state index >= 15 is 0 Å². The Bertz CT molecular complexity index is 736. The summed E-state index contributed by atoms with van der Waals surface area (Å²) in [5, 5.41) is 9.14. The van der Waals surface area contributed by atoms with Crippen molar-refractivity contribution in [3.63, 3.8) is 0 Å². The molecule has 1 aromatic carbocycles. The number of hydrogen-bond acceptors (Lipinski definition) is 4. The quantitative estimate of drug-likeness (QED) is 0.766.